The van der Waals surface area contributed by atoms with Gasteiger partial charge in [-0.1, -0.05) is 56.5 Å². The van der Waals surface area contributed by atoms with Crippen molar-refractivity contribution in [3.8, 4) is 0 Å². The minimum absolute atomic E-state index is 0.0327. The molecule has 0 saturated carbocycles. The van der Waals surface area contributed by atoms with Crippen LogP contribution in [0.1, 0.15) is 65.4 Å². The van der Waals surface area contributed by atoms with Gasteiger partial charge in [-0.25, -0.2) is 9.59 Å². The van der Waals surface area contributed by atoms with E-state index in [1.807, 2.05) is 37.3 Å². The minimum atomic E-state index is -1.05. The Morgan fingerprint density at radius 2 is 1.77 bits per heavy atom. The third kappa shape index (κ3) is 9.22. The standard InChI is InChI=1S/C26H38N2O7/c1-5-6-8-13-20(16-22(29)30)23(31)27-14-15-28(25(33)35-26(2,3)4)21(17-27)24(32)34-18-19-11-9-7-10-12-19/h7,9-12,20-21H,5-6,8,13-18H2,1-4H3,(H,29,30)/t20-,21+/m1/s1. The van der Waals surface area contributed by atoms with Crippen LogP contribution in [0.4, 0.5) is 4.79 Å². The fraction of sp³-hybridized carbons (Fsp3) is 0.615. The van der Waals surface area contributed by atoms with Crippen LogP contribution in [0.3, 0.4) is 0 Å². The Kier molecular flexibility index (Phi) is 10.5. The topological polar surface area (TPSA) is 113 Å². The van der Waals surface area contributed by atoms with E-state index in [4.69, 9.17) is 9.47 Å². The Morgan fingerprint density at radius 1 is 1.09 bits per heavy atom. The summed E-state index contributed by atoms with van der Waals surface area (Å²) in [5, 5.41) is 9.31. The number of carboxylic acid groups (broad SMARTS) is 1. The van der Waals surface area contributed by atoms with Crippen molar-refractivity contribution in [3.05, 3.63) is 35.9 Å². The first-order valence-electron chi connectivity index (χ1n) is 12.2. The van der Waals surface area contributed by atoms with E-state index in [1.165, 1.54) is 9.80 Å². The van der Waals surface area contributed by atoms with Crippen LogP contribution < -0.4 is 0 Å². The van der Waals surface area contributed by atoms with Gasteiger partial charge in [0.25, 0.3) is 0 Å². The van der Waals surface area contributed by atoms with E-state index in [-0.39, 0.29) is 38.6 Å². The van der Waals surface area contributed by atoms with Crippen molar-refractivity contribution < 1.29 is 33.8 Å². The molecule has 0 spiro atoms. The molecule has 0 aromatic heterocycles. The number of benzene rings is 1. The molecule has 1 saturated heterocycles. The molecule has 1 aliphatic rings. The molecule has 35 heavy (non-hydrogen) atoms. The summed E-state index contributed by atoms with van der Waals surface area (Å²) in [4.78, 5) is 53.3. The quantitative estimate of drug-likeness (QED) is 0.391. The molecule has 2 atom stereocenters. The number of amides is 2. The average Bonchev–Trinajstić information content (AvgIpc) is 2.80. The highest BCUT2D eigenvalue weighted by molar-refractivity contribution is 5.86. The van der Waals surface area contributed by atoms with Gasteiger partial charge >= 0.3 is 18.0 Å². The fourth-order valence-electron chi connectivity index (χ4n) is 3.97. The molecule has 0 aliphatic carbocycles. The van der Waals surface area contributed by atoms with Crippen LogP contribution in [0.15, 0.2) is 30.3 Å². The number of carbonyl (C=O) groups excluding carboxylic acids is 3. The largest absolute Gasteiger partial charge is 0.481 e. The van der Waals surface area contributed by atoms with Crippen LogP contribution in [0.2, 0.25) is 0 Å². The van der Waals surface area contributed by atoms with Crippen LogP contribution in [0.25, 0.3) is 0 Å². The number of hydrogen-bond acceptors (Lipinski definition) is 6. The fourth-order valence-corrected chi connectivity index (χ4v) is 3.97. The summed E-state index contributed by atoms with van der Waals surface area (Å²) in [5.74, 6) is -2.66. The first-order valence-corrected chi connectivity index (χ1v) is 12.2. The zero-order valence-electron chi connectivity index (χ0n) is 21.2. The highest BCUT2D eigenvalue weighted by atomic mass is 16.6. The molecule has 194 valence electrons. The zero-order chi connectivity index (χ0) is 26.0. The SMILES string of the molecule is CCCCC[C@H](CC(=O)O)C(=O)N1CCN(C(=O)OC(C)(C)C)[C@H](C(=O)OCc2ccccc2)C1. The number of piperazine rings is 1. The third-order valence-corrected chi connectivity index (χ3v) is 5.74. The van der Waals surface area contributed by atoms with Gasteiger partial charge < -0.3 is 19.5 Å². The molecule has 9 heteroatoms. The molecular formula is C26H38N2O7. The van der Waals surface area contributed by atoms with Crippen LogP contribution in [0, 0.1) is 5.92 Å². The van der Waals surface area contributed by atoms with Crippen LogP contribution in [0.5, 0.6) is 0 Å². The molecule has 1 N–H and O–H groups in total. The normalized spacial score (nSPS) is 17.0. The Balaban J connectivity index is 2.18. The summed E-state index contributed by atoms with van der Waals surface area (Å²) >= 11 is 0. The molecule has 1 aromatic rings. The number of ether oxygens (including phenoxy) is 2. The summed E-state index contributed by atoms with van der Waals surface area (Å²) in [5.41, 5.74) is 0.0415. The zero-order valence-corrected chi connectivity index (χ0v) is 21.2. The highest BCUT2D eigenvalue weighted by Gasteiger charge is 2.41. The van der Waals surface area contributed by atoms with E-state index in [1.54, 1.807) is 20.8 Å². The second-order valence-corrected chi connectivity index (χ2v) is 9.86. The van der Waals surface area contributed by atoms with Crippen molar-refractivity contribution in [1.82, 2.24) is 9.80 Å². The van der Waals surface area contributed by atoms with Gasteiger partial charge in [-0.15, -0.1) is 0 Å². The number of hydrogen-bond donors (Lipinski definition) is 1. The van der Waals surface area contributed by atoms with Gasteiger partial charge in [-0.05, 0) is 32.8 Å². The van der Waals surface area contributed by atoms with Crippen molar-refractivity contribution in [2.75, 3.05) is 19.6 Å². The summed E-state index contributed by atoms with van der Waals surface area (Å²) < 4.78 is 11.0. The van der Waals surface area contributed by atoms with Gasteiger partial charge in [0.05, 0.1) is 13.0 Å². The van der Waals surface area contributed by atoms with Gasteiger partial charge in [0.15, 0.2) is 6.04 Å². The van der Waals surface area contributed by atoms with Crippen molar-refractivity contribution in [2.45, 2.75) is 78.0 Å². The Labute approximate surface area is 207 Å². The molecule has 0 radical (unpaired) electrons. The third-order valence-electron chi connectivity index (χ3n) is 5.74. The molecule has 1 aliphatic heterocycles. The Bertz CT molecular complexity index is 866. The lowest BCUT2D eigenvalue weighted by Gasteiger charge is -2.41. The number of carboxylic acids is 1. The first kappa shape index (κ1) is 28.1. The van der Waals surface area contributed by atoms with Gasteiger partial charge in [0.1, 0.15) is 12.2 Å². The molecule has 0 unspecified atom stereocenters. The molecule has 1 aromatic carbocycles. The number of aliphatic carboxylic acids is 1. The summed E-state index contributed by atoms with van der Waals surface area (Å²) in [6.45, 7) is 7.47. The molecular weight excluding hydrogens is 452 g/mol. The lowest BCUT2D eigenvalue weighted by molar-refractivity contribution is -0.157. The van der Waals surface area contributed by atoms with Crippen molar-refractivity contribution in [2.24, 2.45) is 5.92 Å². The highest BCUT2D eigenvalue weighted by Crippen LogP contribution is 2.22. The smallest absolute Gasteiger partial charge is 0.411 e. The van der Waals surface area contributed by atoms with E-state index in [0.29, 0.717) is 6.42 Å². The van der Waals surface area contributed by atoms with Crippen LogP contribution in [-0.4, -0.2) is 70.1 Å². The number of nitrogens with zero attached hydrogens (tertiary/aromatic N) is 2. The predicted molar refractivity (Wildman–Crippen MR) is 129 cm³/mol. The first-order chi connectivity index (χ1) is 16.5. The maximum Gasteiger partial charge on any atom is 0.411 e. The van der Waals surface area contributed by atoms with E-state index in [0.717, 1.165) is 24.8 Å². The van der Waals surface area contributed by atoms with Crippen molar-refractivity contribution in [3.63, 3.8) is 0 Å². The number of rotatable bonds is 10. The van der Waals surface area contributed by atoms with Gasteiger partial charge in [0.2, 0.25) is 5.91 Å². The second-order valence-electron chi connectivity index (χ2n) is 9.86. The lowest BCUT2D eigenvalue weighted by Crippen LogP contribution is -2.61. The number of unbranched alkanes of at least 4 members (excludes halogenated alkanes) is 2. The van der Waals surface area contributed by atoms with E-state index < -0.39 is 35.6 Å². The lowest BCUT2D eigenvalue weighted by atomic mass is 9.95. The Morgan fingerprint density at radius 3 is 2.37 bits per heavy atom. The van der Waals surface area contributed by atoms with Gasteiger partial charge in [-0.3, -0.25) is 14.5 Å². The maximum atomic E-state index is 13.3. The van der Waals surface area contributed by atoms with Crippen LogP contribution >= 0.6 is 0 Å². The molecule has 1 heterocycles. The Hall–Kier alpha value is -3.10. The van der Waals surface area contributed by atoms with Gasteiger partial charge in [0, 0.05) is 19.0 Å². The average molecular weight is 491 g/mol. The molecule has 0 bridgehead atoms. The monoisotopic (exact) mass is 490 g/mol. The summed E-state index contributed by atoms with van der Waals surface area (Å²) in [7, 11) is 0. The van der Waals surface area contributed by atoms with Crippen LogP contribution in [-0.2, 0) is 30.5 Å². The molecule has 1 fully saturated rings. The molecule has 2 rings (SSSR count). The molecule has 2 amide bonds. The summed E-state index contributed by atoms with van der Waals surface area (Å²) in [6, 6.07) is 8.11. The predicted octanol–water partition coefficient (Wildman–Crippen LogP) is 3.85. The van der Waals surface area contributed by atoms with Crippen molar-refractivity contribution >= 4 is 23.9 Å². The van der Waals surface area contributed by atoms with E-state index in [9.17, 15) is 24.3 Å². The molecule has 9 nitrogen and oxygen atoms in total. The van der Waals surface area contributed by atoms with Gasteiger partial charge in [-0.2, -0.15) is 0 Å². The minimum Gasteiger partial charge on any atom is -0.481 e. The summed E-state index contributed by atoms with van der Waals surface area (Å²) in [6.07, 6.45) is 2.16. The van der Waals surface area contributed by atoms with E-state index in [2.05, 4.69) is 0 Å². The van der Waals surface area contributed by atoms with Crippen molar-refractivity contribution in [1.29, 1.82) is 0 Å². The second kappa shape index (κ2) is 13.1. The van der Waals surface area contributed by atoms with E-state index >= 15 is 0 Å². The number of carbonyl (C=O) groups is 4. The maximum absolute atomic E-state index is 13.3. The number of esters is 1.